The van der Waals surface area contributed by atoms with E-state index < -0.39 is 4.92 Å². The number of hydrogen-bond acceptors (Lipinski definition) is 5. The topological polar surface area (TPSA) is 85.5 Å². The van der Waals surface area contributed by atoms with Gasteiger partial charge < -0.3 is 19.5 Å². The smallest absolute Gasteiger partial charge is 0.273 e. The molecular weight excluding hydrogens is 498 g/mol. The van der Waals surface area contributed by atoms with Gasteiger partial charge in [0.1, 0.15) is 5.75 Å². The lowest BCUT2D eigenvalue weighted by Crippen LogP contribution is -2.29. The van der Waals surface area contributed by atoms with E-state index >= 15 is 0 Å². The lowest BCUT2D eigenvalue weighted by molar-refractivity contribution is -0.384. The van der Waals surface area contributed by atoms with Crippen LogP contribution < -0.4 is 15.0 Å². The van der Waals surface area contributed by atoms with E-state index in [-0.39, 0.29) is 17.8 Å². The normalized spacial score (nSPS) is 16.9. The van der Waals surface area contributed by atoms with Crippen LogP contribution in [0.3, 0.4) is 0 Å². The summed E-state index contributed by atoms with van der Waals surface area (Å²) < 4.78 is 7.65. The Balaban J connectivity index is 1.67. The number of methoxy groups -OCH3 is 1. The van der Waals surface area contributed by atoms with Crippen molar-refractivity contribution in [3.63, 3.8) is 0 Å². The van der Waals surface area contributed by atoms with Crippen molar-refractivity contribution in [2.75, 3.05) is 12.0 Å². The number of thiocarbonyl (C=S) groups is 1. The first-order valence-electron chi connectivity index (χ1n) is 12.4. The molecule has 0 saturated carbocycles. The van der Waals surface area contributed by atoms with Crippen LogP contribution in [-0.4, -0.2) is 26.7 Å². The zero-order valence-electron chi connectivity index (χ0n) is 21.7. The summed E-state index contributed by atoms with van der Waals surface area (Å²) in [5.74, 6) is 0.431. The Morgan fingerprint density at radius 2 is 1.87 bits per heavy atom. The number of nitrogens with one attached hydrogen (secondary N) is 1. The van der Waals surface area contributed by atoms with E-state index in [1.54, 1.807) is 12.3 Å². The number of nitrogens with zero attached hydrogens (tertiary/aromatic N) is 4. The minimum atomic E-state index is -0.419. The lowest BCUT2D eigenvalue weighted by Gasteiger charge is -2.28. The van der Waals surface area contributed by atoms with Crippen LogP contribution in [0.15, 0.2) is 72.9 Å². The van der Waals surface area contributed by atoms with Crippen LogP contribution in [0, 0.1) is 24.0 Å². The van der Waals surface area contributed by atoms with Crippen molar-refractivity contribution < 1.29 is 9.66 Å². The second kappa shape index (κ2) is 10.3. The maximum Gasteiger partial charge on any atom is 0.273 e. The quantitative estimate of drug-likeness (QED) is 0.175. The second-order valence-electron chi connectivity index (χ2n) is 9.29. The highest BCUT2D eigenvalue weighted by molar-refractivity contribution is 7.80. The van der Waals surface area contributed by atoms with Crippen LogP contribution >= 0.6 is 12.2 Å². The molecule has 2 aromatic carbocycles. The summed E-state index contributed by atoms with van der Waals surface area (Å²) >= 11 is 5.89. The Morgan fingerprint density at radius 1 is 1.11 bits per heavy atom. The van der Waals surface area contributed by atoms with Gasteiger partial charge in [0.25, 0.3) is 5.69 Å². The summed E-state index contributed by atoms with van der Waals surface area (Å²) in [6.07, 6.45) is 2.75. The first-order chi connectivity index (χ1) is 18.3. The molecular formula is C29H29N5O3S. The number of hydrogen-bond donors (Lipinski definition) is 1. The summed E-state index contributed by atoms with van der Waals surface area (Å²) in [5.41, 5.74) is 6.91. The molecule has 2 atom stereocenters. The van der Waals surface area contributed by atoms with Crippen LogP contribution in [-0.2, 0) is 6.42 Å². The fraction of sp³-hybridized carbons (Fsp3) is 0.241. The van der Waals surface area contributed by atoms with Gasteiger partial charge in [-0.1, -0.05) is 25.1 Å². The van der Waals surface area contributed by atoms with Gasteiger partial charge in [-0.2, -0.15) is 0 Å². The SMILES string of the molecule is CCc1ccc(N2C(=S)NC(c3ccccn3)C2c2cc(C)n(-c3ccc([N+](=O)[O-])cc3OC)c2C)cc1. The van der Waals surface area contributed by atoms with Crippen LogP contribution in [0.1, 0.15) is 47.2 Å². The number of pyridine rings is 1. The second-order valence-corrected chi connectivity index (χ2v) is 9.68. The van der Waals surface area contributed by atoms with Gasteiger partial charge in [0.15, 0.2) is 5.11 Å². The van der Waals surface area contributed by atoms with Gasteiger partial charge in [-0.15, -0.1) is 0 Å². The van der Waals surface area contributed by atoms with E-state index in [0.29, 0.717) is 10.9 Å². The lowest BCUT2D eigenvalue weighted by atomic mass is 9.96. The zero-order valence-corrected chi connectivity index (χ0v) is 22.5. The summed E-state index contributed by atoms with van der Waals surface area (Å²) in [6, 6.07) is 20.9. The third kappa shape index (κ3) is 4.39. The number of aromatic nitrogens is 2. The van der Waals surface area contributed by atoms with Gasteiger partial charge in [0.2, 0.25) is 0 Å². The number of ether oxygens (including phenoxy) is 1. The van der Waals surface area contributed by atoms with Crippen LogP contribution in [0.2, 0.25) is 0 Å². The van der Waals surface area contributed by atoms with Crippen molar-refractivity contribution >= 4 is 28.7 Å². The molecule has 5 rings (SSSR count). The number of rotatable bonds is 7. The molecule has 1 saturated heterocycles. The van der Waals surface area contributed by atoms with E-state index in [4.69, 9.17) is 17.0 Å². The molecule has 2 aromatic heterocycles. The highest BCUT2D eigenvalue weighted by Gasteiger charge is 2.42. The van der Waals surface area contributed by atoms with Crippen molar-refractivity contribution in [3.8, 4) is 11.4 Å². The molecule has 1 N–H and O–H groups in total. The molecule has 2 unspecified atom stereocenters. The Bertz CT molecular complexity index is 1500. The fourth-order valence-corrected chi connectivity index (χ4v) is 5.61. The van der Waals surface area contributed by atoms with Gasteiger partial charge >= 0.3 is 0 Å². The highest BCUT2D eigenvalue weighted by Crippen LogP contribution is 2.44. The number of benzene rings is 2. The van der Waals surface area contributed by atoms with Crippen molar-refractivity contribution in [2.24, 2.45) is 0 Å². The molecule has 194 valence electrons. The number of nitro benzene ring substituents is 1. The first kappa shape index (κ1) is 25.4. The Kier molecular flexibility index (Phi) is 6.86. The average molecular weight is 528 g/mol. The van der Waals surface area contributed by atoms with E-state index in [2.05, 4.69) is 63.9 Å². The molecule has 1 aliphatic rings. The Labute approximate surface area is 227 Å². The molecule has 0 aliphatic carbocycles. The fourth-order valence-electron chi connectivity index (χ4n) is 5.26. The monoisotopic (exact) mass is 527 g/mol. The van der Waals surface area contributed by atoms with Crippen molar-refractivity contribution in [3.05, 3.63) is 111 Å². The van der Waals surface area contributed by atoms with E-state index in [9.17, 15) is 10.1 Å². The molecule has 1 aliphatic heterocycles. The van der Waals surface area contributed by atoms with Crippen LogP contribution in [0.5, 0.6) is 5.75 Å². The molecule has 0 bridgehead atoms. The predicted molar refractivity (Wildman–Crippen MR) is 152 cm³/mol. The molecule has 0 radical (unpaired) electrons. The average Bonchev–Trinajstić information content (AvgIpc) is 3.43. The summed E-state index contributed by atoms with van der Waals surface area (Å²) in [7, 11) is 1.52. The molecule has 0 spiro atoms. The molecule has 8 nitrogen and oxygen atoms in total. The van der Waals surface area contributed by atoms with Crippen molar-refractivity contribution in [1.82, 2.24) is 14.9 Å². The van der Waals surface area contributed by atoms with Gasteiger partial charge in [-0.25, -0.2) is 0 Å². The van der Waals surface area contributed by atoms with Crippen molar-refractivity contribution in [1.29, 1.82) is 0 Å². The predicted octanol–water partition coefficient (Wildman–Crippen LogP) is 6.15. The Hall–Kier alpha value is -4.24. The molecule has 4 aromatic rings. The maximum atomic E-state index is 11.4. The third-order valence-corrected chi connectivity index (χ3v) is 7.44. The number of anilines is 1. The van der Waals surface area contributed by atoms with Crippen LogP contribution in [0.25, 0.3) is 5.69 Å². The number of nitro groups is 1. The van der Waals surface area contributed by atoms with Gasteiger partial charge in [-0.3, -0.25) is 15.1 Å². The van der Waals surface area contributed by atoms with Crippen LogP contribution in [0.4, 0.5) is 11.4 Å². The largest absolute Gasteiger partial charge is 0.494 e. The van der Waals surface area contributed by atoms with Gasteiger partial charge in [0, 0.05) is 29.3 Å². The molecule has 9 heteroatoms. The summed E-state index contributed by atoms with van der Waals surface area (Å²) in [5, 5.41) is 15.5. The zero-order chi connectivity index (χ0) is 27.0. The highest BCUT2D eigenvalue weighted by atomic mass is 32.1. The van der Waals surface area contributed by atoms with Gasteiger partial charge in [-0.05, 0) is 80.0 Å². The molecule has 3 heterocycles. The Morgan fingerprint density at radius 3 is 2.50 bits per heavy atom. The molecule has 0 amide bonds. The van der Waals surface area contributed by atoms with E-state index in [1.807, 2.05) is 25.1 Å². The van der Waals surface area contributed by atoms with Crippen molar-refractivity contribution in [2.45, 2.75) is 39.3 Å². The number of aryl methyl sites for hydroxylation is 2. The summed E-state index contributed by atoms with van der Waals surface area (Å²) in [4.78, 5) is 17.8. The molecule has 38 heavy (non-hydrogen) atoms. The van der Waals surface area contributed by atoms with Gasteiger partial charge in [0.05, 0.1) is 41.6 Å². The maximum absolute atomic E-state index is 11.4. The summed E-state index contributed by atoms with van der Waals surface area (Å²) in [6.45, 7) is 6.21. The minimum absolute atomic E-state index is 0.0180. The third-order valence-electron chi connectivity index (χ3n) is 7.12. The first-order valence-corrected chi connectivity index (χ1v) is 12.9. The minimum Gasteiger partial charge on any atom is -0.494 e. The number of non-ortho nitro benzene ring substituents is 1. The van der Waals surface area contributed by atoms with E-state index in [0.717, 1.165) is 40.4 Å². The van der Waals surface area contributed by atoms with E-state index in [1.165, 1.54) is 24.8 Å². The molecule has 1 fully saturated rings. The standard InChI is InChI=1S/C29H29N5O3S/c1-5-20-9-11-21(12-10-20)33-28(27(31-29(33)38)24-8-6-7-15-30-24)23-16-18(2)32(19(23)3)25-14-13-22(34(35)36)17-26(25)37-4/h6-17,27-28H,5H2,1-4H3,(H,31,38).